The zero-order valence-corrected chi connectivity index (χ0v) is 7.55. The Morgan fingerprint density at radius 1 is 1.75 bits per heavy atom. The van der Waals surface area contributed by atoms with Gasteiger partial charge in [0, 0.05) is 11.3 Å². The summed E-state index contributed by atoms with van der Waals surface area (Å²) < 4.78 is 0. The van der Waals surface area contributed by atoms with Crippen molar-refractivity contribution in [2.75, 3.05) is 6.61 Å². The van der Waals surface area contributed by atoms with Crippen LogP contribution in [0.5, 0.6) is 0 Å². The molecule has 66 valence electrons. The SMILES string of the molecule is NC(CO)c1nc(C2CC2)cs1. The number of aliphatic hydroxyl groups excluding tert-OH is 1. The Hall–Kier alpha value is -0.450. The zero-order valence-electron chi connectivity index (χ0n) is 6.73. The van der Waals surface area contributed by atoms with E-state index in [9.17, 15) is 0 Å². The van der Waals surface area contributed by atoms with Crippen LogP contribution >= 0.6 is 11.3 Å². The van der Waals surface area contributed by atoms with Gasteiger partial charge in [0.2, 0.25) is 0 Å². The summed E-state index contributed by atoms with van der Waals surface area (Å²) in [5, 5.41) is 11.7. The van der Waals surface area contributed by atoms with Crippen LogP contribution in [0.15, 0.2) is 5.38 Å². The van der Waals surface area contributed by atoms with Crippen molar-refractivity contribution >= 4 is 11.3 Å². The Kier molecular flexibility index (Phi) is 2.12. The number of hydrogen-bond acceptors (Lipinski definition) is 4. The quantitative estimate of drug-likeness (QED) is 0.737. The lowest BCUT2D eigenvalue weighted by molar-refractivity contribution is 0.267. The molecule has 1 aromatic rings. The van der Waals surface area contributed by atoms with E-state index < -0.39 is 0 Å². The average Bonchev–Trinajstić information content (AvgIpc) is 2.83. The third-order valence-electron chi connectivity index (χ3n) is 2.05. The minimum Gasteiger partial charge on any atom is -0.394 e. The molecule has 3 N–H and O–H groups in total. The molecule has 4 heteroatoms. The minimum absolute atomic E-state index is 0.0163. The Morgan fingerprint density at radius 2 is 2.50 bits per heavy atom. The lowest BCUT2D eigenvalue weighted by Gasteiger charge is -2.01. The molecule has 0 aromatic carbocycles. The van der Waals surface area contributed by atoms with E-state index in [1.165, 1.54) is 18.5 Å². The normalized spacial score (nSPS) is 19.5. The highest BCUT2D eigenvalue weighted by molar-refractivity contribution is 7.09. The van der Waals surface area contributed by atoms with Crippen LogP contribution in [0.2, 0.25) is 0 Å². The molecule has 1 aliphatic carbocycles. The first-order valence-electron chi connectivity index (χ1n) is 4.13. The third-order valence-corrected chi connectivity index (χ3v) is 3.04. The van der Waals surface area contributed by atoms with Crippen molar-refractivity contribution in [1.29, 1.82) is 0 Å². The molecular weight excluding hydrogens is 172 g/mol. The number of nitrogens with two attached hydrogens (primary N) is 1. The molecule has 0 amide bonds. The summed E-state index contributed by atoms with van der Waals surface area (Å²) in [6.45, 7) is -0.0163. The highest BCUT2D eigenvalue weighted by Gasteiger charge is 2.26. The van der Waals surface area contributed by atoms with Gasteiger partial charge in [-0.3, -0.25) is 0 Å². The van der Waals surface area contributed by atoms with Crippen molar-refractivity contribution in [1.82, 2.24) is 4.98 Å². The average molecular weight is 184 g/mol. The number of nitrogens with zero attached hydrogens (tertiary/aromatic N) is 1. The fourth-order valence-electron chi connectivity index (χ4n) is 1.12. The first-order valence-corrected chi connectivity index (χ1v) is 5.01. The smallest absolute Gasteiger partial charge is 0.112 e. The maximum atomic E-state index is 8.79. The molecule has 1 saturated carbocycles. The fraction of sp³-hybridized carbons (Fsp3) is 0.625. The molecule has 1 atom stereocenters. The number of hydrogen-bond donors (Lipinski definition) is 2. The Bertz CT molecular complexity index is 270. The second-order valence-electron chi connectivity index (χ2n) is 3.17. The predicted molar refractivity (Wildman–Crippen MR) is 48.1 cm³/mol. The molecule has 1 aliphatic rings. The summed E-state index contributed by atoms with van der Waals surface area (Å²) in [6.07, 6.45) is 2.52. The van der Waals surface area contributed by atoms with Gasteiger partial charge in [-0.15, -0.1) is 11.3 Å². The second kappa shape index (κ2) is 3.12. The molecule has 0 saturated heterocycles. The number of rotatable bonds is 3. The lowest BCUT2D eigenvalue weighted by atomic mass is 10.3. The van der Waals surface area contributed by atoms with Crippen LogP contribution in [0, 0.1) is 0 Å². The molecular formula is C8H12N2OS. The van der Waals surface area contributed by atoms with Crippen molar-refractivity contribution in [2.45, 2.75) is 24.8 Å². The van der Waals surface area contributed by atoms with E-state index in [1.54, 1.807) is 11.3 Å². The van der Waals surface area contributed by atoms with Crippen LogP contribution in [0.1, 0.15) is 35.5 Å². The largest absolute Gasteiger partial charge is 0.394 e. The van der Waals surface area contributed by atoms with Crippen LogP contribution < -0.4 is 5.73 Å². The van der Waals surface area contributed by atoms with Gasteiger partial charge in [-0.2, -0.15) is 0 Å². The highest BCUT2D eigenvalue weighted by atomic mass is 32.1. The van der Waals surface area contributed by atoms with Crippen LogP contribution in [0.4, 0.5) is 0 Å². The topological polar surface area (TPSA) is 59.1 Å². The summed E-state index contributed by atoms with van der Waals surface area (Å²) in [7, 11) is 0. The van der Waals surface area contributed by atoms with Gasteiger partial charge in [-0.25, -0.2) is 4.98 Å². The summed E-state index contributed by atoms with van der Waals surface area (Å²) in [5.74, 6) is 0.681. The van der Waals surface area contributed by atoms with Crippen LogP contribution in [0.25, 0.3) is 0 Å². The highest BCUT2D eigenvalue weighted by Crippen LogP contribution is 2.40. The van der Waals surface area contributed by atoms with E-state index in [2.05, 4.69) is 10.4 Å². The van der Waals surface area contributed by atoms with Gasteiger partial charge in [0.05, 0.1) is 18.3 Å². The molecule has 12 heavy (non-hydrogen) atoms. The van der Waals surface area contributed by atoms with Gasteiger partial charge in [-0.05, 0) is 12.8 Å². The van der Waals surface area contributed by atoms with E-state index in [0.717, 1.165) is 5.01 Å². The van der Waals surface area contributed by atoms with E-state index >= 15 is 0 Å². The van der Waals surface area contributed by atoms with Gasteiger partial charge < -0.3 is 10.8 Å². The van der Waals surface area contributed by atoms with Gasteiger partial charge in [0.25, 0.3) is 0 Å². The first-order chi connectivity index (χ1) is 5.81. The Balaban J connectivity index is 2.12. The fourth-order valence-corrected chi connectivity index (χ4v) is 2.01. The van der Waals surface area contributed by atoms with E-state index in [1.807, 2.05) is 0 Å². The summed E-state index contributed by atoms with van der Waals surface area (Å²) in [4.78, 5) is 4.38. The summed E-state index contributed by atoms with van der Waals surface area (Å²) in [6, 6.07) is -0.289. The van der Waals surface area contributed by atoms with Crippen molar-refractivity contribution < 1.29 is 5.11 Å². The van der Waals surface area contributed by atoms with Crippen LogP contribution in [0.3, 0.4) is 0 Å². The van der Waals surface area contributed by atoms with Crippen molar-refractivity contribution in [3.05, 3.63) is 16.1 Å². The molecule has 3 nitrogen and oxygen atoms in total. The van der Waals surface area contributed by atoms with Crippen LogP contribution in [-0.2, 0) is 0 Å². The molecule has 1 aromatic heterocycles. The van der Waals surface area contributed by atoms with E-state index in [-0.39, 0.29) is 12.6 Å². The van der Waals surface area contributed by atoms with E-state index in [4.69, 9.17) is 10.8 Å². The number of thiazole rings is 1. The summed E-state index contributed by atoms with van der Waals surface area (Å²) in [5.41, 5.74) is 6.79. The maximum absolute atomic E-state index is 8.79. The molecule has 1 unspecified atom stereocenters. The molecule has 0 aliphatic heterocycles. The first kappa shape index (κ1) is 8.16. The predicted octanol–water partition coefficient (Wildman–Crippen LogP) is 1.01. The second-order valence-corrected chi connectivity index (χ2v) is 4.06. The molecule has 0 spiro atoms. The Morgan fingerprint density at radius 3 is 3.08 bits per heavy atom. The molecule has 1 fully saturated rings. The third kappa shape index (κ3) is 1.50. The van der Waals surface area contributed by atoms with Crippen molar-refractivity contribution in [2.24, 2.45) is 5.73 Å². The Labute approximate surface area is 75.2 Å². The van der Waals surface area contributed by atoms with Gasteiger partial charge >= 0.3 is 0 Å². The molecule has 0 radical (unpaired) electrons. The standard InChI is InChI=1S/C8H12N2OS/c9-6(3-11)8-10-7(4-12-8)5-1-2-5/h4-6,11H,1-3,9H2. The molecule has 2 rings (SSSR count). The minimum atomic E-state index is -0.289. The van der Waals surface area contributed by atoms with Crippen molar-refractivity contribution in [3.8, 4) is 0 Å². The van der Waals surface area contributed by atoms with E-state index in [0.29, 0.717) is 5.92 Å². The monoisotopic (exact) mass is 184 g/mol. The maximum Gasteiger partial charge on any atom is 0.112 e. The zero-order chi connectivity index (χ0) is 8.55. The lowest BCUT2D eigenvalue weighted by Crippen LogP contribution is -2.14. The van der Waals surface area contributed by atoms with Crippen molar-refractivity contribution in [3.63, 3.8) is 0 Å². The van der Waals surface area contributed by atoms with Gasteiger partial charge in [0.15, 0.2) is 0 Å². The van der Waals surface area contributed by atoms with Gasteiger partial charge in [0.1, 0.15) is 5.01 Å². The van der Waals surface area contributed by atoms with Crippen LogP contribution in [-0.4, -0.2) is 16.7 Å². The number of aromatic nitrogens is 1. The summed E-state index contributed by atoms with van der Waals surface area (Å²) >= 11 is 1.55. The number of aliphatic hydroxyl groups is 1. The molecule has 1 heterocycles. The molecule has 0 bridgehead atoms. The van der Waals surface area contributed by atoms with Gasteiger partial charge in [-0.1, -0.05) is 0 Å².